The minimum Gasteiger partial charge on any atom is -0.497 e. The van der Waals surface area contributed by atoms with E-state index in [0.717, 1.165) is 27.9 Å². The van der Waals surface area contributed by atoms with Crippen LogP contribution in [0.5, 0.6) is 5.75 Å². The minimum atomic E-state index is -0.166. The lowest BCUT2D eigenvalue weighted by atomic mass is 10.1. The number of rotatable bonds is 6. The molecular weight excluding hydrogens is 398 g/mol. The Hall–Kier alpha value is -3.31. The number of aromatic nitrogens is 2. The number of nitrogens with zero attached hydrogens (tertiary/aromatic N) is 2. The van der Waals surface area contributed by atoms with Crippen LogP contribution in [0, 0.1) is 0 Å². The van der Waals surface area contributed by atoms with Crippen molar-refractivity contribution in [1.29, 1.82) is 0 Å². The molecule has 1 N–H and O–H groups in total. The minimum absolute atomic E-state index is 0.101. The Morgan fingerprint density at radius 1 is 1.13 bits per heavy atom. The van der Waals surface area contributed by atoms with Crippen LogP contribution in [0.2, 0.25) is 5.02 Å². The summed E-state index contributed by atoms with van der Waals surface area (Å²) in [5.41, 5.74) is 3.19. The first-order valence-corrected chi connectivity index (χ1v) is 10.1. The van der Waals surface area contributed by atoms with E-state index < -0.39 is 0 Å². The van der Waals surface area contributed by atoms with Gasteiger partial charge in [-0.15, -0.1) is 0 Å². The number of carbonyl (C=O) groups is 1. The summed E-state index contributed by atoms with van der Waals surface area (Å²) >= 11 is 6.10. The van der Waals surface area contributed by atoms with Gasteiger partial charge in [-0.25, -0.2) is 0 Å². The average Bonchev–Trinajstić information content (AvgIpc) is 3.20. The van der Waals surface area contributed by atoms with Crippen LogP contribution >= 0.6 is 11.6 Å². The van der Waals surface area contributed by atoms with Crippen LogP contribution in [0.4, 0.5) is 0 Å². The highest BCUT2D eigenvalue weighted by Gasteiger charge is 2.25. The first-order chi connectivity index (χ1) is 14.5. The van der Waals surface area contributed by atoms with Gasteiger partial charge in [0.1, 0.15) is 11.4 Å². The molecule has 0 spiro atoms. The van der Waals surface area contributed by atoms with Crippen LogP contribution in [0.3, 0.4) is 0 Å². The van der Waals surface area contributed by atoms with Gasteiger partial charge in [-0.2, -0.15) is 0 Å². The Morgan fingerprint density at radius 3 is 2.63 bits per heavy atom. The smallest absolute Gasteiger partial charge is 0.271 e. The molecule has 2 aromatic carbocycles. The SMILES string of the molecule is COc1ccc(C(C)N(Cc2ccccn2)C(=O)c2cc3ccc(Cl)cc3[nH]2)cc1. The van der Waals surface area contributed by atoms with Crippen molar-refractivity contribution in [3.05, 3.63) is 94.9 Å². The van der Waals surface area contributed by atoms with Crippen molar-refractivity contribution in [2.75, 3.05) is 7.11 Å². The average molecular weight is 420 g/mol. The molecule has 4 aromatic rings. The second-order valence-electron chi connectivity index (χ2n) is 7.12. The Kier molecular flexibility index (Phi) is 5.72. The maximum absolute atomic E-state index is 13.6. The normalized spacial score (nSPS) is 12.0. The molecule has 0 radical (unpaired) electrons. The summed E-state index contributed by atoms with van der Waals surface area (Å²) in [5.74, 6) is 0.678. The number of halogens is 1. The number of nitrogens with one attached hydrogen (secondary N) is 1. The third kappa shape index (κ3) is 4.16. The summed E-state index contributed by atoms with van der Waals surface area (Å²) in [4.78, 5) is 23.0. The van der Waals surface area contributed by atoms with Crippen molar-refractivity contribution in [3.8, 4) is 5.75 Å². The summed E-state index contributed by atoms with van der Waals surface area (Å²) < 4.78 is 5.26. The van der Waals surface area contributed by atoms with Crippen molar-refractivity contribution in [3.63, 3.8) is 0 Å². The fourth-order valence-corrected chi connectivity index (χ4v) is 3.65. The van der Waals surface area contributed by atoms with Crippen LogP contribution < -0.4 is 4.74 Å². The summed E-state index contributed by atoms with van der Waals surface area (Å²) in [7, 11) is 1.64. The lowest BCUT2D eigenvalue weighted by molar-refractivity contribution is 0.0666. The van der Waals surface area contributed by atoms with Gasteiger partial charge < -0.3 is 14.6 Å². The predicted octanol–water partition coefficient (Wildman–Crippen LogP) is 5.63. The third-order valence-corrected chi connectivity index (χ3v) is 5.44. The van der Waals surface area contributed by atoms with Gasteiger partial charge in [0, 0.05) is 22.1 Å². The highest BCUT2D eigenvalue weighted by molar-refractivity contribution is 6.31. The van der Waals surface area contributed by atoms with E-state index in [2.05, 4.69) is 9.97 Å². The van der Waals surface area contributed by atoms with E-state index in [9.17, 15) is 4.79 Å². The van der Waals surface area contributed by atoms with E-state index in [1.165, 1.54) is 0 Å². The number of hydrogen-bond acceptors (Lipinski definition) is 3. The molecule has 4 rings (SSSR count). The van der Waals surface area contributed by atoms with Gasteiger partial charge in [-0.05, 0) is 55.0 Å². The van der Waals surface area contributed by atoms with E-state index >= 15 is 0 Å². The number of methoxy groups -OCH3 is 1. The zero-order valence-corrected chi connectivity index (χ0v) is 17.6. The summed E-state index contributed by atoms with van der Waals surface area (Å²) in [6.45, 7) is 2.41. The van der Waals surface area contributed by atoms with Gasteiger partial charge in [0.25, 0.3) is 5.91 Å². The Bertz CT molecular complexity index is 1160. The molecule has 2 aromatic heterocycles. The number of hydrogen-bond donors (Lipinski definition) is 1. The van der Waals surface area contributed by atoms with Crippen molar-refractivity contribution >= 4 is 28.4 Å². The van der Waals surface area contributed by atoms with Crippen LogP contribution in [0.25, 0.3) is 10.9 Å². The molecule has 30 heavy (non-hydrogen) atoms. The lowest BCUT2D eigenvalue weighted by Crippen LogP contribution is -2.33. The summed E-state index contributed by atoms with van der Waals surface area (Å²) in [5, 5.41) is 1.57. The summed E-state index contributed by atoms with van der Waals surface area (Å²) in [6.07, 6.45) is 1.74. The first kappa shape index (κ1) is 20.0. The molecular formula is C24H22ClN3O2. The number of aromatic amines is 1. The molecule has 6 heteroatoms. The van der Waals surface area contributed by atoms with Gasteiger partial charge in [0.15, 0.2) is 0 Å². The molecule has 1 atom stereocenters. The van der Waals surface area contributed by atoms with Crippen LogP contribution in [-0.4, -0.2) is 27.9 Å². The zero-order chi connectivity index (χ0) is 21.1. The Labute approximate surface area is 180 Å². The van der Waals surface area contributed by atoms with Crippen molar-refractivity contribution in [2.24, 2.45) is 0 Å². The molecule has 1 amide bonds. The third-order valence-electron chi connectivity index (χ3n) is 5.20. The van der Waals surface area contributed by atoms with Crippen LogP contribution in [-0.2, 0) is 6.54 Å². The topological polar surface area (TPSA) is 58.2 Å². The molecule has 1 unspecified atom stereocenters. The monoisotopic (exact) mass is 419 g/mol. The van der Waals surface area contributed by atoms with E-state index in [-0.39, 0.29) is 11.9 Å². The number of benzene rings is 2. The van der Waals surface area contributed by atoms with Crippen LogP contribution in [0.15, 0.2) is 72.9 Å². The van der Waals surface area contributed by atoms with Crippen molar-refractivity contribution in [1.82, 2.24) is 14.9 Å². The van der Waals surface area contributed by atoms with Crippen molar-refractivity contribution < 1.29 is 9.53 Å². The fraction of sp³-hybridized carbons (Fsp3) is 0.167. The summed E-state index contributed by atoms with van der Waals surface area (Å²) in [6, 6.07) is 20.7. The van der Waals surface area contributed by atoms with Gasteiger partial charge in [-0.1, -0.05) is 35.9 Å². The van der Waals surface area contributed by atoms with Crippen molar-refractivity contribution in [2.45, 2.75) is 19.5 Å². The number of ether oxygens (including phenoxy) is 1. The van der Waals surface area contributed by atoms with Gasteiger partial charge in [0.2, 0.25) is 0 Å². The fourth-order valence-electron chi connectivity index (χ4n) is 3.48. The standard InChI is InChI=1S/C24H22ClN3O2/c1-16(17-7-10-21(30-2)11-8-17)28(15-20-5-3-4-12-26-20)24(29)23-13-18-6-9-19(25)14-22(18)27-23/h3-14,16,27H,15H2,1-2H3. The number of pyridine rings is 1. The molecule has 2 heterocycles. The lowest BCUT2D eigenvalue weighted by Gasteiger charge is -2.29. The predicted molar refractivity (Wildman–Crippen MR) is 119 cm³/mol. The highest BCUT2D eigenvalue weighted by atomic mass is 35.5. The van der Waals surface area contributed by atoms with Gasteiger partial charge >= 0.3 is 0 Å². The quantitative estimate of drug-likeness (QED) is 0.440. The molecule has 0 saturated heterocycles. The van der Waals surface area contributed by atoms with E-state index in [4.69, 9.17) is 16.3 Å². The number of H-pyrrole nitrogens is 1. The highest BCUT2D eigenvalue weighted by Crippen LogP contribution is 2.27. The molecule has 0 aliphatic rings. The number of amides is 1. The molecule has 0 saturated carbocycles. The number of carbonyl (C=O) groups excluding carboxylic acids is 1. The Morgan fingerprint density at radius 2 is 1.93 bits per heavy atom. The molecule has 0 bridgehead atoms. The van der Waals surface area contributed by atoms with E-state index in [1.807, 2.05) is 78.6 Å². The first-order valence-electron chi connectivity index (χ1n) is 9.68. The van der Waals surface area contributed by atoms with Crippen LogP contribution in [0.1, 0.15) is 34.7 Å². The molecule has 0 aliphatic heterocycles. The maximum atomic E-state index is 13.6. The largest absolute Gasteiger partial charge is 0.497 e. The molecule has 152 valence electrons. The second kappa shape index (κ2) is 8.59. The zero-order valence-electron chi connectivity index (χ0n) is 16.8. The van der Waals surface area contributed by atoms with Gasteiger partial charge in [-0.3, -0.25) is 9.78 Å². The molecule has 0 aliphatic carbocycles. The molecule has 0 fully saturated rings. The van der Waals surface area contributed by atoms with Gasteiger partial charge in [0.05, 0.1) is 25.4 Å². The maximum Gasteiger partial charge on any atom is 0.271 e. The number of fused-ring (bicyclic) bond motifs is 1. The van der Waals surface area contributed by atoms with E-state index in [1.54, 1.807) is 13.3 Å². The molecule has 5 nitrogen and oxygen atoms in total. The second-order valence-corrected chi connectivity index (χ2v) is 7.55. The Balaban J connectivity index is 1.70. The van der Waals surface area contributed by atoms with E-state index in [0.29, 0.717) is 17.3 Å².